The minimum absolute atomic E-state index is 0.142. The number of hydrogen-bond acceptors (Lipinski definition) is 17. The van der Waals surface area contributed by atoms with Crippen molar-refractivity contribution >= 4 is 0 Å². The predicted molar refractivity (Wildman–Crippen MR) is 691 cm³/mol. The number of rotatable bonds is 31. The fraction of sp³-hybridized carbons (Fsp3) is 1.00. The second-order valence-electron chi connectivity index (χ2n) is 66.3. The molecule has 0 spiro atoms. The molecule has 2 saturated carbocycles. The summed E-state index contributed by atoms with van der Waals surface area (Å²) in [4.78, 5) is 0. The van der Waals surface area contributed by atoms with E-state index in [-0.39, 0.29) is 29.4 Å². The molecule has 0 amide bonds. The zero-order chi connectivity index (χ0) is 123. The van der Waals surface area contributed by atoms with Gasteiger partial charge in [0.2, 0.25) is 0 Å². The highest BCUT2D eigenvalue weighted by molar-refractivity contribution is 4.89. The van der Waals surface area contributed by atoms with Crippen molar-refractivity contribution < 1.29 is 9.84 Å². The molecule has 0 aromatic heterocycles. The summed E-state index contributed by atoms with van der Waals surface area (Å²) < 4.78 is 4.95. The summed E-state index contributed by atoms with van der Waals surface area (Å²) >= 11 is 0. The van der Waals surface area contributed by atoms with Gasteiger partial charge in [0.05, 0.1) is 0 Å². The van der Waals surface area contributed by atoms with Gasteiger partial charge < -0.3 is 95.8 Å². The van der Waals surface area contributed by atoms with E-state index in [0.717, 1.165) is 146 Å². The SMILES string of the molecule is CC(C)(C)C(CN)CC1CC1.CC(C)(C)C(CN)CO.CC(C)(C)CCN.CC(C)(C)C[C@@H](N)C(C)(C)C.CC(C)(C)C[C@@H](N)C1CC1.CC(C)CC(CN)C(C)(C)C.CC(C)C[C@H](N)CC(C)(C)C.CC(C)[C@H](N)CC(C)(C)C.CC(CN)C(C)(C)C.CCC(C)(C)C.CCC(CN)C(C)(C)C.CCC(CN)C(C)(C)C.CCC(CN)C(C)(C)C.CC[C@H](N)CC(C)(C)C.COCC[C@H](N)CC(C)(C)C.C[C@H](N)CC(C)(C)C. The Kier molecular flexibility index (Phi) is 104. The monoisotopic (exact) mass is 2140 g/mol. The molecule has 31 N–H and O–H groups in total. The summed E-state index contributed by atoms with van der Waals surface area (Å²) in [5.74, 6) is 8.28. The number of aliphatic hydroxyl groups excluding tert-OH is 1. The Morgan fingerprint density at radius 3 is 0.678 bits per heavy atom. The van der Waals surface area contributed by atoms with Crippen LogP contribution < -0.4 is 86.0 Å². The summed E-state index contributed by atoms with van der Waals surface area (Å²) in [5, 5.41) is 8.78. The average molecular weight is 2140 g/mol. The summed E-state index contributed by atoms with van der Waals surface area (Å²) in [6.45, 7) is 149. The molecular weight excluding hydrogens is 1830 g/mol. The van der Waals surface area contributed by atoms with Gasteiger partial charge in [-0.2, -0.15) is 0 Å². The third kappa shape index (κ3) is 151. The summed E-state index contributed by atoms with van der Waals surface area (Å²) in [6, 6.07) is 2.55. The van der Waals surface area contributed by atoms with E-state index in [4.69, 9.17) is 95.8 Å². The van der Waals surface area contributed by atoms with Gasteiger partial charge in [-0.3, -0.25) is 0 Å². The van der Waals surface area contributed by atoms with E-state index in [0.29, 0.717) is 160 Å². The molecule has 2 aliphatic carbocycles. The predicted octanol–water partition coefficient (Wildman–Crippen LogP) is 33.0. The number of hydrogen-bond donors (Lipinski definition) is 16. The van der Waals surface area contributed by atoms with E-state index < -0.39 is 0 Å². The highest BCUT2D eigenvalue weighted by Crippen LogP contribution is 2.42. The first-order chi connectivity index (χ1) is 65.7. The van der Waals surface area contributed by atoms with E-state index in [1.54, 1.807) is 7.11 Å². The third-order valence-electron chi connectivity index (χ3n) is 27.9. The van der Waals surface area contributed by atoms with Gasteiger partial charge in [-0.05, 0) is 319 Å². The fourth-order valence-corrected chi connectivity index (χ4v) is 15.7. The molecule has 2 rings (SSSR count). The highest BCUT2D eigenvalue weighted by atomic mass is 16.5. The Morgan fingerprint density at radius 1 is 0.282 bits per heavy atom. The van der Waals surface area contributed by atoms with Crippen LogP contribution in [0.3, 0.4) is 0 Å². The first kappa shape index (κ1) is 178. The largest absolute Gasteiger partial charge is 0.396 e. The molecule has 17 nitrogen and oxygen atoms in total. The summed E-state index contributed by atoms with van der Waals surface area (Å²) in [5.41, 5.74) is 91.8. The van der Waals surface area contributed by atoms with Crippen LogP contribution in [0, 0.1) is 163 Å². The van der Waals surface area contributed by atoms with Gasteiger partial charge in [0.15, 0.2) is 0 Å². The lowest BCUT2D eigenvalue weighted by molar-refractivity contribution is 0.137. The summed E-state index contributed by atoms with van der Waals surface area (Å²) in [7, 11) is 1.71. The van der Waals surface area contributed by atoms with Crippen LogP contribution in [0.25, 0.3) is 0 Å². The molecule has 0 bridgehead atoms. The molecule has 17 heteroatoms. The van der Waals surface area contributed by atoms with Crippen LogP contribution in [-0.2, 0) is 4.74 Å². The first-order valence-electron chi connectivity index (χ1n) is 60.7. The Morgan fingerprint density at radius 2 is 0.564 bits per heavy atom. The molecule has 0 aliphatic heterocycles. The van der Waals surface area contributed by atoms with Crippen LogP contribution in [0.5, 0.6) is 0 Å². The van der Waals surface area contributed by atoms with E-state index >= 15 is 0 Å². The average Bonchev–Trinajstić information content (AvgIpc) is 1.70. The van der Waals surface area contributed by atoms with Gasteiger partial charge >= 0.3 is 0 Å². The zero-order valence-electron chi connectivity index (χ0n) is 116. The number of nitrogens with two attached hydrogens (primary N) is 15. The van der Waals surface area contributed by atoms with Crippen molar-refractivity contribution in [3.05, 3.63) is 0 Å². The van der Waals surface area contributed by atoms with Crippen LogP contribution in [-0.4, -0.2) is 120 Å². The van der Waals surface area contributed by atoms with Crippen LogP contribution >= 0.6 is 0 Å². The molecule has 0 radical (unpaired) electrons. The topological polar surface area (TPSA) is 420 Å². The van der Waals surface area contributed by atoms with Crippen molar-refractivity contribution in [2.45, 2.75) is 620 Å². The highest BCUT2D eigenvalue weighted by Gasteiger charge is 2.34. The second kappa shape index (κ2) is 87.1. The van der Waals surface area contributed by atoms with Gasteiger partial charge in [0.25, 0.3) is 0 Å². The minimum Gasteiger partial charge on any atom is -0.396 e. The zero-order valence-corrected chi connectivity index (χ0v) is 116. The van der Waals surface area contributed by atoms with Crippen LogP contribution in [0.4, 0.5) is 0 Å². The van der Waals surface area contributed by atoms with E-state index in [9.17, 15) is 0 Å². The smallest absolute Gasteiger partial charge is 0.0477 e. The van der Waals surface area contributed by atoms with E-state index in [2.05, 4.69) is 436 Å². The van der Waals surface area contributed by atoms with Gasteiger partial charge in [-0.1, -0.05) is 475 Å². The van der Waals surface area contributed by atoms with Gasteiger partial charge in [0, 0.05) is 62.6 Å². The quantitative estimate of drug-likeness (QED) is 0.0306. The molecule has 14 atom stereocenters. The van der Waals surface area contributed by atoms with E-state index in [1.165, 1.54) is 70.6 Å². The Labute approximate surface area is 946 Å². The molecule has 0 aromatic carbocycles. The van der Waals surface area contributed by atoms with Crippen LogP contribution in [0.15, 0.2) is 0 Å². The Bertz CT molecular complexity index is 2660. The molecule has 922 valence electrons. The summed E-state index contributed by atoms with van der Waals surface area (Å²) in [6.07, 6.45) is 25.3. The van der Waals surface area contributed by atoms with Gasteiger partial charge in [-0.15, -0.1) is 0 Å². The lowest BCUT2D eigenvalue weighted by atomic mass is 9.76. The maximum Gasteiger partial charge on any atom is 0.0477 e. The lowest BCUT2D eigenvalue weighted by Crippen LogP contribution is -2.38. The number of ether oxygens (including phenoxy) is 1. The molecule has 149 heavy (non-hydrogen) atoms. The van der Waals surface area contributed by atoms with Crippen molar-refractivity contribution in [3.63, 3.8) is 0 Å². The van der Waals surface area contributed by atoms with Crippen LogP contribution in [0.1, 0.15) is 578 Å². The molecule has 0 saturated heterocycles. The Hall–Kier alpha value is -0.680. The number of aliphatic hydroxyl groups is 1. The second-order valence-corrected chi connectivity index (χ2v) is 66.3. The van der Waals surface area contributed by atoms with Crippen molar-refractivity contribution in [1.29, 1.82) is 0 Å². The molecule has 0 heterocycles. The van der Waals surface area contributed by atoms with E-state index in [1.807, 2.05) is 6.92 Å². The molecular formula is C132H307N15O2. The molecule has 7 unspecified atom stereocenters. The molecule has 2 aliphatic rings. The third-order valence-corrected chi connectivity index (χ3v) is 27.9. The minimum atomic E-state index is 0.142. The van der Waals surface area contributed by atoms with Crippen molar-refractivity contribution in [2.75, 3.05) is 72.7 Å². The molecule has 0 aromatic rings. The molecule has 2 fully saturated rings. The van der Waals surface area contributed by atoms with Crippen molar-refractivity contribution in [3.8, 4) is 0 Å². The van der Waals surface area contributed by atoms with Gasteiger partial charge in [0.1, 0.15) is 0 Å². The maximum absolute atomic E-state index is 8.78. The number of methoxy groups -OCH3 is 1. The van der Waals surface area contributed by atoms with Crippen molar-refractivity contribution in [1.82, 2.24) is 0 Å². The fourth-order valence-electron chi connectivity index (χ4n) is 15.7. The Balaban J connectivity index is -0.000000109. The standard InChI is InChI=1S/C10H21N.3C10H23N.C9H21NO.C9H19N.C9H21N.4C8H19N.C7H17NO.2C7H17N.C6H15N.C6H14/c1-10(2,3)9(7-11)6-8-4-5-8;1-9(2,3)7-8(11)10(4,5)6;1-8(2)6-9(7-11)10(3,4)5;1-8(2)6-9(11)7-10(3,4)5;1-9(2,3)7-8(10)5-6-11-4;1-9(2,3)6-8(10)7-4-5-7;1-7(2)8(10)6-9(3,4)5;3*1-5-7(6-9)8(2,3)4;1-5-7(9)6-8(2,3)4;1-7(2,3)6(4-8)5-9;1-6(5-8)7(2,3)4;1-6(8)5-7(2,3)4;1-6(2,3)4-5-7;1-5-6(2,3)4/h8-9H,4-7,11H2,1-3H3;8H,7,11H2,1-6H3;2*8-9H,6-7,11H2,1-5H3;8H,5-7,10H2,1-4H3;7-8H,4-6,10H2,1-3H3;7-8H,6,10H2,1-5H3;4*7H,5-6,9H2,1-4H3;6,9H,4-5,8H2,1-3H3;2*6H,5,8H2,1-4H3;4-5,7H2,1-3H3;5H2,1-4H3/t;8-;;9-;3*8-;;;;7-;;;6-;;/m.1.0011...0..0../s1. The normalized spacial score (nSPS) is 16.3. The van der Waals surface area contributed by atoms with Crippen molar-refractivity contribution in [2.24, 2.45) is 249 Å². The maximum atomic E-state index is 8.78. The van der Waals surface area contributed by atoms with Crippen LogP contribution in [0.2, 0.25) is 0 Å². The van der Waals surface area contributed by atoms with Gasteiger partial charge in [-0.25, -0.2) is 0 Å². The lowest BCUT2D eigenvalue weighted by Gasteiger charge is -2.32. The first-order valence-corrected chi connectivity index (χ1v) is 60.7.